The van der Waals surface area contributed by atoms with Crippen LogP contribution >= 0.6 is 0 Å². The van der Waals surface area contributed by atoms with Gasteiger partial charge in [-0.3, -0.25) is 0 Å². The molecule has 2 N–H and O–H groups in total. The molecule has 14 heavy (non-hydrogen) atoms. The lowest BCUT2D eigenvalue weighted by molar-refractivity contribution is -0.0706. The maximum absolute atomic E-state index is 8.99. The number of aliphatic hydroxyl groups is 1. The third kappa shape index (κ3) is 2.69. The molecule has 1 unspecified atom stereocenters. The van der Waals surface area contributed by atoms with Crippen molar-refractivity contribution in [3.63, 3.8) is 0 Å². The molecule has 3 nitrogen and oxygen atoms in total. The molecule has 1 aliphatic heterocycles. The SMILES string of the molecule is C[C@H](CO)NC1CC(C)(C)OC1(C)C. The first kappa shape index (κ1) is 12.0. The van der Waals surface area contributed by atoms with Crippen LogP contribution in [-0.4, -0.2) is 35.0 Å². The number of ether oxygens (including phenoxy) is 1. The van der Waals surface area contributed by atoms with Crippen molar-refractivity contribution in [3.05, 3.63) is 0 Å². The van der Waals surface area contributed by atoms with Gasteiger partial charge in [0.15, 0.2) is 0 Å². The molecule has 1 aliphatic rings. The minimum absolute atomic E-state index is 0.0592. The van der Waals surface area contributed by atoms with E-state index < -0.39 is 0 Å². The van der Waals surface area contributed by atoms with Gasteiger partial charge in [0.2, 0.25) is 0 Å². The lowest BCUT2D eigenvalue weighted by atomic mass is 9.94. The van der Waals surface area contributed by atoms with E-state index in [0.29, 0.717) is 6.04 Å². The number of hydrogen-bond acceptors (Lipinski definition) is 3. The molecule has 3 heteroatoms. The van der Waals surface area contributed by atoms with Crippen molar-refractivity contribution in [2.45, 2.75) is 64.3 Å². The van der Waals surface area contributed by atoms with Gasteiger partial charge in [-0.05, 0) is 41.0 Å². The zero-order valence-corrected chi connectivity index (χ0v) is 9.92. The lowest BCUT2D eigenvalue weighted by Gasteiger charge is -2.29. The van der Waals surface area contributed by atoms with Crippen LogP contribution in [0, 0.1) is 0 Å². The highest BCUT2D eigenvalue weighted by molar-refractivity contribution is 4.99. The molecule has 0 aromatic rings. The van der Waals surface area contributed by atoms with E-state index >= 15 is 0 Å². The van der Waals surface area contributed by atoms with Gasteiger partial charge in [-0.25, -0.2) is 0 Å². The number of aliphatic hydroxyl groups excluding tert-OH is 1. The maximum atomic E-state index is 8.99. The largest absolute Gasteiger partial charge is 0.395 e. The van der Waals surface area contributed by atoms with E-state index in [9.17, 15) is 0 Å². The van der Waals surface area contributed by atoms with Crippen LogP contribution in [0.1, 0.15) is 41.0 Å². The topological polar surface area (TPSA) is 41.5 Å². The van der Waals surface area contributed by atoms with Gasteiger partial charge in [0.1, 0.15) is 0 Å². The standard InChI is InChI=1S/C11H23NO2/c1-8(7-13)12-9-6-10(2,3)14-11(9,4)5/h8-9,12-13H,6-7H2,1-5H3/t8-,9?/m1/s1. The van der Waals surface area contributed by atoms with E-state index in [1.54, 1.807) is 0 Å². The van der Waals surface area contributed by atoms with Crippen LogP contribution in [0.3, 0.4) is 0 Å². The molecule has 0 saturated carbocycles. The average molecular weight is 201 g/mol. The molecule has 1 heterocycles. The smallest absolute Gasteiger partial charge is 0.0787 e. The van der Waals surface area contributed by atoms with Gasteiger partial charge < -0.3 is 15.2 Å². The number of nitrogens with one attached hydrogen (secondary N) is 1. The highest BCUT2D eigenvalue weighted by atomic mass is 16.5. The van der Waals surface area contributed by atoms with E-state index in [0.717, 1.165) is 6.42 Å². The minimum Gasteiger partial charge on any atom is -0.395 e. The Morgan fingerprint density at radius 2 is 2.00 bits per heavy atom. The first-order valence-corrected chi connectivity index (χ1v) is 5.34. The molecular formula is C11H23NO2. The Kier molecular flexibility index (Phi) is 3.24. The van der Waals surface area contributed by atoms with E-state index in [2.05, 4.69) is 33.0 Å². The molecule has 0 radical (unpaired) electrons. The second-order valence-electron chi connectivity index (χ2n) is 5.47. The van der Waals surface area contributed by atoms with Gasteiger partial charge >= 0.3 is 0 Å². The molecule has 0 aromatic carbocycles. The van der Waals surface area contributed by atoms with E-state index in [1.165, 1.54) is 0 Å². The summed E-state index contributed by atoms with van der Waals surface area (Å²) in [5.74, 6) is 0. The molecule has 1 fully saturated rings. The van der Waals surface area contributed by atoms with Crippen LogP contribution in [0.2, 0.25) is 0 Å². The summed E-state index contributed by atoms with van der Waals surface area (Å²) in [4.78, 5) is 0. The Hall–Kier alpha value is -0.120. The highest BCUT2D eigenvalue weighted by Gasteiger charge is 2.45. The Bertz CT molecular complexity index is 201. The van der Waals surface area contributed by atoms with Gasteiger partial charge in [0.05, 0.1) is 17.8 Å². The first-order valence-electron chi connectivity index (χ1n) is 5.34. The summed E-state index contributed by atoms with van der Waals surface area (Å²) >= 11 is 0. The van der Waals surface area contributed by atoms with Crippen molar-refractivity contribution in [1.82, 2.24) is 5.32 Å². The molecule has 1 saturated heterocycles. The van der Waals surface area contributed by atoms with Crippen molar-refractivity contribution in [1.29, 1.82) is 0 Å². The van der Waals surface area contributed by atoms with Crippen molar-refractivity contribution in [2.24, 2.45) is 0 Å². The fourth-order valence-corrected chi connectivity index (χ4v) is 2.22. The van der Waals surface area contributed by atoms with Crippen molar-refractivity contribution in [3.8, 4) is 0 Å². The van der Waals surface area contributed by atoms with Crippen molar-refractivity contribution >= 4 is 0 Å². The van der Waals surface area contributed by atoms with Crippen molar-refractivity contribution < 1.29 is 9.84 Å². The summed E-state index contributed by atoms with van der Waals surface area (Å²) < 4.78 is 5.95. The summed E-state index contributed by atoms with van der Waals surface area (Å²) in [6.07, 6.45) is 0.990. The molecule has 1 rings (SSSR count). The second kappa shape index (κ2) is 3.80. The highest BCUT2D eigenvalue weighted by Crippen LogP contribution is 2.37. The molecular weight excluding hydrogens is 178 g/mol. The van der Waals surface area contributed by atoms with E-state index in [-0.39, 0.29) is 23.9 Å². The number of hydrogen-bond donors (Lipinski definition) is 2. The normalized spacial score (nSPS) is 31.7. The van der Waals surface area contributed by atoms with Crippen LogP contribution < -0.4 is 5.32 Å². The molecule has 0 bridgehead atoms. The van der Waals surface area contributed by atoms with E-state index in [1.807, 2.05) is 6.92 Å². The van der Waals surface area contributed by atoms with Crippen LogP contribution in [0.25, 0.3) is 0 Å². The molecule has 0 aliphatic carbocycles. The molecule has 0 spiro atoms. The van der Waals surface area contributed by atoms with Crippen LogP contribution in [0.15, 0.2) is 0 Å². The predicted octanol–water partition coefficient (Wildman–Crippen LogP) is 1.30. The Labute approximate surface area is 86.8 Å². The average Bonchev–Trinajstić information content (AvgIpc) is 2.19. The van der Waals surface area contributed by atoms with Crippen LogP contribution in [0.4, 0.5) is 0 Å². The summed E-state index contributed by atoms with van der Waals surface area (Å²) in [6, 6.07) is 0.455. The second-order valence-corrected chi connectivity index (χ2v) is 5.47. The van der Waals surface area contributed by atoms with Gasteiger partial charge in [-0.15, -0.1) is 0 Å². The zero-order valence-electron chi connectivity index (χ0n) is 9.92. The first-order chi connectivity index (χ1) is 6.27. The molecule has 84 valence electrons. The Balaban J connectivity index is 2.61. The third-order valence-electron chi connectivity index (χ3n) is 2.83. The quantitative estimate of drug-likeness (QED) is 0.723. The maximum Gasteiger partial charge on any atom is 0.0787 e. The van der Waals surface area contributed by atoms with E-state index in [4.69, 9.17) is 9.84 Å². The minimum atomic E-state index is -0.146. The fourth-order valence-electron chi connectivity index (χ4n) is 2.22. The third-order valence-corrected chi connectivity index (χ3v) is 2.83. The van der Waals surface area contributed by atoms with Gasteiger partial charge in [-0.1, -0.05) is 0 Å². The van der Waals surface area contributed by atoms with Crippen LogP contribution in [0.5, 0.6) is 0 Å². The number of rotatable bonds is 3. The molecule has 0 aromatic heterocycles. The predicted molar refractivity (Wildman–Crippen MR) is 57.3 cm³/mol. The molecule has 2 atom stereocenters. The summed E-state index contributed by atoms with van der Waals surface area (Å²) in [5.41, 5.74) is -0.205. The summed E-state index contributed by atoms with van der Waals surface area (Å²) in [7, 11) is 0. The summed E-state index contributed by atoms with van der Waals surface area (Å²) in [5, 5.41) is 12.4. The zero-order chi connectivity index (χ0) is 11.0. The molecule has 0 amide bonds. The Morgan fingerprint density at radius 3 is 2.36 bits per heavy atom. The summed E-state index contributed by atoms with van der Waals surface area (Å²) in [6.45, 7) is 10.6. The van der Waals surface area contributed by atoms with Crippen LogP contribution in [-0.2, 0) is 4.74 Å². The fraction of sp³-hybridized carbons (Fsp3) is 1.00. The van der Waals surface area contributed by atoms with Gasteiger partial charge in [-0.2, -0.15) is 0 Å². The van der Waals surface area contributed by atoms with Gasteiger partial charge in [0, 0.05) is 12.1 Å². The lowest BCUT2D eigenvalue weighted by Crippen LogP contribution is -2.48. The van der Waals surface area contributed by atoms with Crippen molar-refractivity contribution in [2.75, 3.05) is 6.61 Å². The Morgan fingerprint density at radius 1 is 1.43 bits per heavy atom. The van der Waals surface area contributed by atoms with Gasteiger partial charge in [0.25, 0.3) is 0 Å². The monoisotopic (exact) mass is 201 g/mol.